The molecule has 0 amide bonds. The van der Waals surface area contributed by atoms with Crippen molar-refractivity contribution in [1.29, 1.82) is 0 Å². The first kappa shape index (κ1) is 5.75. The Labute approximate surface area is 53.1 Å². The van der Waals surface area contributed by atoms with Crippen molar-refractivity contribution in [3.05, 3.63) is 34.6 Å². The summed E-state index contributed by atoms with van der Waals surface area (Å²) in [6, 6.07) is 4.12. The van der Waals surface area contributed by atoms with Gasteiger partial charge < -0.3 is 5.11 Å². The molecule has 0 aliphatic heterocycles. The molecule has 0 saturated heterocycles. The fourth-order valence-corrected chi connectivity index (χ4v) is 0.445. The van der Waals surface area contributed by atoms with Crippen LogP contribution in [0, 0.1) is 0 Å². The van der Waals surface area contributed by atoms with Gasteiger partial charge >= 0.3 is 1.43 Å². The smallest absolute Gasteiger partial charge is 0.493 e. The molecule has 0 radical (unpaired) electrons. The molecule has 0 aliphatic rings. The summed E-state index contributed by atoms with van der Waals surface area (Å²) in [4.78, 5) is 13.8. The molecule has 0 bridgehead atoms. The van der Waals surface area contributed by atoms with Gasteiger partial charge in [-0.05, 0) is 6.07 Å². The van der Waals surface area contributed by atoms with Crippen LogP contribution in [0.4, 0.5) is 0 Å². The Hall–Kier alpha value is -1.38. The normalized spacial score (nSPS) is 8.89. The molecule has 0 spiro atoms. The summed E-state index contributed by atoms with van der Waals surface area (Å²) in [7, 11) is 0. The van der Waals surface area contributed by atoms with Crippen LogP contribution in [0.15, 0.2) is 29.2 Å². The molecule has 1 heterocycles. The minimum absolute atomic E-state index is 0. The summed E-state index contributed by atoms with van der Waals surface area (Å²) in [6.07, 6.45) is 1.06. The molecule has 1 N–H and O–H groups in total. The second kappa shape index (κ2) is 2.26. The van der Waals surface area contributed by atoms with Gasteiger partial charge in [-0.25, -0.2) is 4.98 Å². The maximum atomic E-state index is 10.4. The molecule has 0 unspecified atom stereocenters. The van der Waals surface area contributed by atoms with Crippen LogP contribution in [0.2, 0.25) is 0 Å². The SMILES string of the molecule is O=c1cccc(O)nc1.[H+]. The Balaban J connectivity index is 0.000000810. The first-order valence-electron chi connectivity index (χ1n) is 2.44. The maximum Gasteiger partial charge on any atom is 1.00 e. The van der Waals surface area contributed by atoms with Crippen molar-refractivity contribution in [2.24, 2.45) is 0 Å². The van der Waals surface area contributed by atoms with E-state index in [9.17, 15) is 4.79 Å². The van der Waals surface area contributed by atoms with Gasteiger partial charge in [0, 0.05) is 6.07 Å². The first-order chi connectivity index (χ1) is 4.29. The lowest BCUT2D eigenvalue weighted by molar-refractivity contribution is 0.454. The van der Waals surface area contributed by atoms with Crippen LogP contribution in [0.25, 0.3) is 0 Å². The van der Waals surface area contributed by atoms with E-state index in [0.717, 1.165) is 6.20 Å². The Kier molecular flexibility index (Phi) is 1.44. The Morgan fingerprint density at radius 2 is 2.33 bits per heavy atom. The van der Waals surface area contributed by atoms with Gasteiger partial charge in [-0.1, -0.05) is 6.07 Å². The predicted octanol–water partition coefficient (Wildman–Crippen LogP) is 0.260. The van der Waals surface area contributed by atoms with Crippen molar-refractivity contribution in [3.8, 4) is 5.88 Å². The summed E-state index contributed by atoms with van der Waals surface area (Å²) >= 11 is 0. The lowest BCUT2D eigenvalue weighted by Crippen LogP contribution is -1.89. The summed E-state index contributed by atoms with van der Waals surface area (Å²) < 4.78 is 0. The zero-order chi connectivity index (χ0) is 6.69. The molecule has 3 nitrogen and oxygen atoms in total. The highest BCUT2D eigenvalue weighted by Crippen LogP contribution is 1.93. The summed E-state index contributed by atoms with van der Waals surface area (Å²) in [6.45, 7) is 0. The van der Waals surface area contributed by atoms with E-state index in [4.69, 9.17) is 5.11 Å². The van der Waals surface area contributed by atoms with E-state index in [-0.39, 0.29) is 12.7 Å². The lowest BCUT2D eigenvalue weighted by atomic mass is 10.5. The summed E-state index contributed by atoms with van der Waals surface area (Å²) in [5, 5.41) is 8.67. The molecule has 0 atom stereocenters. The maximum absolute atomic E-state index is 10.4. The van der Waals surface area contributed by atoms with E-state index in [1.165, 1.54) is 18.2 Å². The van der Waals surface area contributed by atoms with Crippen molar-refractivity contribution < 1.29 is 6.53 Å². The van der Waals surface area contributed by atoms with Crippen molar-refractivity contribution in [1.82, 2.24) is 4.98 Å². The summed E-state index contributed by atoms with van der Waals surface area (Å²) in [5.74, 6) is -0.142. The molecule has 3 heteroatoms. The fraction of sp³-hybridized carbons (Fsp3) is 0. The van der Waals surface area contributed by atoms with E-state index in [0.29, 0.717) is 0 Å². The zero-order valence-electron chi connectivity index (χ0n) is 5.61. The van der Waals surface area contributed by atoms with Crippen LogP contribution in [0.5, 0.6) is 5.88 Å². The second-order valence-electron chi connectivity index (χ2n) is 1.54. The third-order valence-electron chi connectivity index (χ3n) is 0.830. The average molecular weight is 124 g/mol. The number of hydrogen-bond donors (Lipinski definition) is 1. The molecule has 46 valence electrons. The lowest BCUT2D eigenvalue weighted by Gasteiger charge is -1.74. The van der Waals surface area contributed by atoms with E-state index in [2.05, 4.69) is 4.98 Å². The van der Waals surface area contributed by atoms with Crippen LogP contribution >= 0.6 is 0 Å². The molecule has 1 aromatic rings. The third kappa shape index (κ3) is 1.53. The molecule has 0 fully saturated rings. The quantitative estimate of drug-likeness (QED) is 0.539. The number of rotatable bonds is 0. The van der Waals surface area contributed by atoms with Gasteiger partial charge in [0.15, 0.2) is 5.43 Å². The van der Waals surface area contributed by atoms with Crippen molar-refractivity contribution in [2.45, 2.75) is 0 Å². The van der Waals surface area contributed by atoms with Crippen LogP contribution in [-0.4, -0.2) is 10.1 Å². The Morgan fingerprint density at radius 3 is 3.11 bits per heavy atom. The van der Waals surface area contributed by atoms with Crippen molar-refractivity contribution >= 4 is 0 Å². The molecule has 1 rings (SSSR count). The molecule has 0 aromatic carbocycles. The van der Waals surface area contributed by atoms with Gasteiger partial charge in [0.05, 0.1) is 6.20 Å². The first-order valence-corrected chi connectivity index (χ1v) is 2.44. The molecule has 9 heavy (non-hydrogen) atoms. The summed E-state index contributed by atoms with van der Waals surface area (Å²) in [5.41, 5.74) is -0.213. The molecular formula is C6H6NO2+. The standard InChI is InChI=1S/C6H5NO2/c8-5-2-1-3-6(9)7-4-5/h1-4,9H/p+1. The second-order valence-corrected chi connectivity index (χ2v) is 1.54. The molecular weight excluding hydrogens is 118 g/mol. The van der Waals surface area contributed by atoms with Gasteiger partial charge in [0.1, 0.15) is 0 Å². The topological polar surface area (TPSA) is 50.2 Å². The monoisotopic (exact) mass is 124 g/mol. The minimum atomic E-state index is -0.213. The van der Waals surface area contributed by atoms with Crippen LogP contribution in [0.3, 0.4) is 0 Å². The van der Waals surface area contributed by atoms with E-state index < -0.39 is 0 Å². The van der Waals surface area contributed by atoms with E-state index >= 15 is 0 Å². The average Bonchev–Trinajstić information content (AvgIpc) is 1.97. The molecule has 1 aromatic heterocycles. The Morgan fingerprint density at radius 1 is 1.56 bits per heavy atom. The highest BCUT2D eigenvalue weighted by atomic mass is 16.3. The van der Waals surface area contributed by atoms with Gasteiger partial charge in [-0.2, -0.15) is 0 Å². The number of nitrogens with zero attached hydrogens (tertiary/aromatic N) is 1. The largest absolute Gasteiger partial charge is 1.00 e. The fourth-order valence-electron chi connectivity index (χ4n) is 0.445. The van der Waals surface area contributed by atoms with E-state index in [1.807, 2.05) is 0 Å². The zero-order valence-corrected chi connectivity index (χ0v) is 4.61. The van der Waals surface area contributed by atoms with Crippen LogP contribution in [0.1, 0.15) is 1.43 Å². The minimum Gasteiger partial charge on any atom is -0.493 e. The van der Waals surface area contributed by atoms with Crippen LogP contribution < -0.4 is 5.43 Å². The van der Waals surface area contributed by atoms with Gasteiger partial charge in [0.2, 0.25) is 5.88 Å². The van der Waals surface area contributed by atoms with Gasteiger partial charge in [0.25, 0.3) is 0 Å². The van der Waals surface area contributed by atoms with E-state index in [1.54, 1.807) is 0 Å². The van der Waals surface area contributed by atoms with Gasteiger partial charge in [-0.15, -0.1) is 0 Å². The van der Waals surface area contributed by atoms with Gasteiger partial charge in [-0.3, -0.25) is 4.79 Å². The highest BCUT2D eigenvalue weighted by molar-refractivity contribution is 5.06. The molecule has 0 aliphatic carbocycles. The van der Waals surface area contributed by atoms with Crippen molar-refractivity contribution in [2.75, 3.05) is 0 Å². The molecule has 0 saturated carbocycles. The predicted molar refractivity (Wildman–Crippen MR) is 33.3 cm³/mol. The third-order valence-corrected chi connectivity index (χ3v) is 0.830. The van der Waals surface area contributed by atoms with Crippen molar-refractivity contribution in [3.63, 3.8) is 0 Å². The Bertz CT molecular complexity index is 264. The number of aromatic hydroxyl groups is 1. The highest BCUT2D eigenvalue weighted by Gasteiger charge is 1.81. The van der Waals surface area contributed by atoms with Crippen LogP contribution in [-0.2, 0) is 0 Å². The number of aromatic nitrogens is 1. The number of hydrogen-bond acceptors (Lipinski definition) is 3.